The number of benzene rings is 1. The zero-order valence-corrected chi connectivity index (χ0v) is 12.9. The van der Waals surface area contributed by atoms with Crippen molar-refractivity contribution in [3.63, 3.8) is 0 Å². The number of hydrogen-bond acceptors (Lipinski definition) is 2. The topological polar surface area (TPSA) is 60.0 Å². The Bertz CT molecular complexity index is 611. The summed E-state index contributed by atoms with van der Waals surface area (Å²) in [5, 5.41) is 2.94. The maximum Gasteiger partial charge on any atom is 0.268 e. The van der Waals surface area contributed by atoms with Gasteiger partial charge in [-0.15, -0.1) is 0 Å². The van der Waals surface area contributed by atoms with E-state index in [1.807, 2.05) is 11.5 Å². The fraction of sp³-hybridized carbons (Fsp3) is 0.353. The predicted molar refractivity (Wildman–Crippen MR) is 86.2 cm³/mol. The van der Waals surface area contributed by atoms with Gasteiger partial charge in [-0.05, 0) is 30.0 Å². The van der Waals surface area contributed by atoms with E-state index >= 15 is 0 Å². The lowest BCUT2D eigenvalue weighted by Crippen LogP contribution is -2.25. The van der Waals surface area contributed by atoms with Crippen molar-refractivity contribution in [2.75, 3.05) is 5.73 Å². The fourth-order valence-corrected chi connectivity index (χ4v) is 2.28. The molecule has 0 fully saturated rings. The molecule has 1 amide bonds. The first-order valence-electron chi connectivity index (χ1n) is 7.34. The van der Waals surface area contributed by atoms with Crippen LogP contribution in [0.5, 0.6) is 0 Å². The second-order valence-electron chi connectivity index (χ2n) is 5.52. The van der Waals surface area contributed by atoms with Gasteiger partial charge in [0, 0.05) is 19.3 Å². The lowest BCUT2D eigenvalue weighted by atomic mass is 10.0. The number of rotatable bonds is 5. The fourth-order valence-electron chi connectivity index (χ4n) is 2.28. The Morgan fingerprint density at radius 3 is 2.52 bits per heavy atom. The molecule has 0 aliphatic carbocycles. The van der Waals surface area contributed by atoms with Gasteiger partial charge in [0.05, 0.1) is 5.69 Å². The van der Waals surface area contributed by atoms with Gasteiger partial charge < -0.3 is 15.6 Å². The third kappa shape index (κ3) is 3.66. The highest BCUT2D eigenvalue weighted by Crippen LogP contribution is 2.15. The van der Waals surface area contributed by atoms with E-state index in [1.165, 1.54) is 5.56 Å². The molecule has 4 nitrogen and oxygen atoms in total. The molecule has 21 heavy (non-hydrogen) atoms. The number of nitrogens with one attached hydrogen (secondary N) is 1. The van der Waals surface area contributed by atoms with Gasteiger partial charge >= 0.3 is 0 Å². The molecule has 2 aromatic rings. The van der Waals surface area contributed by atoms with Crippen LogP contribution in [0.2, 0.25) is 0 Å². The molecular weight excluding hydrogens is 262 g/mol. The molecule has 0 saturated carbocycles. The number of anilines is 1. The monoisotopic (exact) mass is 285 g/mol. The highest BCUT2D eigenvalue weighted by atomic mass is 16.1. The van der Waals surface area contributed by atoms with Crippen molar-refractivity contribution in [3.8, 4) is 0 Å². The van der Waals surface area contributed by atoms with Crippen LogP contribution in [0.4, 0.5) is 5.69 Å². The average Bonchev–Trinajstić information content (AvgIpc) is 2.86. The second kappa shape index (κ2) is 6.48. The van der Waals surface area contributed by atoms with Gasteiger partial charge in [0.1, 0.15) is 5.69 Å². The number of nitrogen functional groups attached to an aromatic ring is 1. The minimum Gasteiger partial charge on any atom is -0.397 e. The highest BCUT2D eigenvalue weighted by molar-refractivity contribution is 5.93. The molecule has 0 atom stereocenters. The molecule has 1 heterocycles. The molecule has 4 heteroatoms. The Morgan fingerprint density at radius 2 is 1.95 bits per heavy atom. The van der Waals surface area contributed by atoms with Crippen molar-refractivity contribution in [2.45, 2.75) is 39.8 Å². The van der Waals surface area contributed by atoms with Crippen molar-refractivity contribution in [1.82, 2.24) is 9.88 Å². The zero-order chi connectivity index (χ0) is 15.4. The molecule has 3 N–H and O–H groups in total. The number of aryl methyl sites for hydroxylation is 1. The summed E-state index contributed by atoms with van der Waals surface area (Å²) in [5.74, 6) is 0.422. The molecule has 2 rings (SSSR count). The first-order valence-corrected chi connectivity index (χ1v) is 7.34. The lowest BCUT2D eigenvalue weighted by Gasteiger charge is -2.09. The second-order valence-corrected chi connectivity index (χ2v) is 5.52. The summed E-state index contributed by atoms with van der Waals surface area (Å²) in [6.07, 6.45) is 1.78. The molecule has 0 saturated heterocycles. The van der Waals surface area contributed by atoms with Crippen LogP contribution in [0.25, 0.3) is 0 Å². The van der Waals surface area contributed by atoms with Crippen molar-refractivity contribution in [3.05, 3.63) is 53.3 Å². The first-order chi connectivity index (χ1) is 10.0. The summed E-state index contributed by atoms with van der Waals surface area (Å²) in [6.45, 7) is 7.57. The summed E-state index contributed by atoms with van der Waals surface area (Å²) in [7, 11) is 0. The van der Waals surface area contributed by atoms with Crippen molar-refractivity contribution in [2.24, 2.45) is 0 Å². The number of amides is 1. The number of nitrogens with two attached hydrogens (primary N) is 1. The minimum atomic E-state index is -0.0958. The number of nitrogens with zero attached hydrogens (tertiary/aromatic N) is 1. The summed E-state index contributed by atoms with van der Waals surface area (Å²) < 4.78 is 1.85. The average molecular weight is 285 g/mol. The van der Waals surface area contributed by atoms with E-state index in [-0.39, 0.29) is 5.91 Å². The molecule has 0 unspecified atom stereocenters. The van der Waals surface area contributed by atoms with Gasteiger partial charge in [0.2, 0.25) is 0 Å². The zero-order valence-electron chi connectivity index (χ0n) is 12.9. The van der Waals surface area contributed by atoms with Crippen LogP contribution in [0.15, 0.2) is 36.5 Å². The summed E-state index contributed by atoms with van der Waals surface area (Å²) in [4.78, 5) is 12.2. The van der Waals surface area contributed by atoms with Crippen LogP contribution in [-0.2, 0) is 13.1 Å². The Labute approximate surface area is 126 Å². The van der Waals surface area contributed by atoms with Gasteiger partial charge in [-0.3, -0.25) is 4.79 Å². The molecule has 0 aliphatic rings. The molecule has 0 spiro atoms. The standard InChI is InChI=1S/C17H23N3O/c1-4-20-11-15(18)9-16(20)17(21)19-10-13-5-7-14(8-6-13)12(2)3/h5-9,11-12H,4,10,18H2,1-3H3,(H,19,21). The third-order valence-electron chi connectivity index (χ3n) is 3.59. The van der Waals surface area contributed by atoms with Gasteiger partial charge in [-0.25, -0.2) is 0 Å². The first kappa shape index (κ1) is 15.2. The van der Waals surface area contributed by atoms with E-state index in [9.17, 15) is 4.79 Å². The predicted octanol–water partition coefficient (Wildman–Crippen LogP) is 3.14. The van der Waals surface area contributed by atoms with E-state index in [0.717, 1.165) is 12.1 Å². The van der Waals surface area contributed by atoms with Gasteiger partial charge in [-0.1, -0.05) is 38.1 Å². The lowest BCUT2D eigenvalue weighted by molar-refractivity contribution is 0.0942. The molecule has 0 bridgehead atoms. The van der Waals surface area contributed by atoms with Crippen LogP contribution in [0, 0.1) is 0 Å². The SMILES string of the molecule is CCn1cc(N)cc1C(=O)NCc1ccc(C(C)C)cc1. The van der Waals surface area contributed by atoms with Crippen molar-refractivity contribution >= 4 is 11.6 Å². The Kier molecular flexibility index (Phi) is 4.68. The Balaban J connectivity index is 2.00. The maximum atomic E-state index is 12.2. The van der Waals surface area contributed by atoms with Crippen LogP contribution in [0.3, 0.4) is 0 Å². The van der Waals surface area contributed by atoms with Gasteiger partial charge in [0.25, 0.3) is 5.91 Å². The summed E-state index contributed by atoms with van der Waals surface area (Å²) >= 11 is 0. The number of hydrogen-bond donors (Lipinski definition) is 2. The molecule has 1 aromatic carbocycles. The van der Waals surface area contributed by atoms with Crippen LogP contribution in [0.1, 0.15) is 48.3 Å². The third-order valence-corrected chi connectivity index (χ3v) is 3.59. The summed E-state index contributed by atoms with van der Waals surface area (Å²) in [6, 6.07) is 10.0. The molecule has 0 aliphatic heterocycles. The normalized spacial score (nSPS) is 10.9. The van der Waals surface area contributed by atoms with E-state index in [2.05, 4.69) is 43.4 Å². The Morgan fingerprint density at radius 1 is 1.29 bits per heavy atom. The molecule has 1 aromatic heterocycles. The highest BCUT2D eigenvalue weighted by Gasteiger charge is 2.11. The largest absolute Gasteiger partial charge is 0.397 e. The van der Waals surface area contributed by atoms with Gasteiger partial charge in [-0.2, -0.15) is 0 Å². The summed E-state index contributed by atoms with van der Waals surface area (Å²) in [5.41, 5.74) is 9.36. The quantitative estimate of drug-likeness (QED) is 0.886. The van der Waals surface area contributed by atoms with Crippen molar-refractivity contribution in [1.29, 1.82) is 0 Å². The van der Waals surface area contributed by atoms with E-state index in [0.29, 0.717) is 23.8 Å². The number of aromatic nitrogens is 1. The number of carbonyl (C=O) groups excluding carboxylic acids is 1. The van der Waals surface area contributed by atoms with Crippen LogP contribution in [-0.4, -0.2) is 10.5 Å². The van der Waals surface area contributed by atoms with Crippen LogP contribution < -0.4 is 11.1 Å². The minimum absolute atomic E-state index is 0.0958. The van der Waals surface area contributed by atoms with Crippen molar-refractivity contribution < 1.29 is 4.79 Å². The number of carbonyl (C=O) groups is 1. The maximum absolute atomic E-state index is 12.2. The smallest absolute Gasteiger partial charge is 0.268 e. The molecular formula is C17H23N3O. The van der Waals surface area contributed by atoms with E-state index in [1.54, 1.807) is 12.3 Å². The van der Waals surface area contributed by atoms with E-state index in [4.69, 9.17) is 5.73 Å². The Hall–Kier alpha value is -2.23. The molecule has 112 valence electrons. The van der Waals surface area contributed by atoms with Gasteiger partial charge in [0.15, 0.2) is 0 Å². The molecule has 0 radical (unpaired) electrons. The van der Waals surface area contributed by atoms with Crippen LogP contribution >= 0.6 is 0 Å². The van der Waals surface area contributed by atoms with E-state index < -0.39 is 0 Å².